The SMILES string of the molecule is CC1(C)CCC[C@H]([C@H](OC(=O)OC(C)(C)C)c2cccc(Cl)c2)C1. The van der Waals surface area contributed by atoms with E-state index in [1.165, 1.54) is 6.42 Å². The number of hydrogen-bond donors (Lipinski definition) is 0. The highest BCUT2D eigenvalue weighted by atomic mass is 35.5. The summed E-state index contributed by atoms with van der Waals surface area (Å²) in [6, 6.07) is 7.60. The number of carbonyl (C=O) groups is 1. The van der Waals surface area contributed by atoms with Crippen LogP contribution in [0.15, 0.2) is 24.3 Å². The zero-order valence-electron chi connectivity index (χ0n) is 15.4. The Morgan fingerprint density at radius 3 is 2.62 bits per heavy atom. The summed E-state index contributed by atoms with van der Waals surface area (Å²) in [6.45, 7) is 10.1. The van der Waals surface area contributed by atoms with E-state index in [0.717, 1.165) is 24.8 Å². The number of ether oxygens (including phenoxy) is 2. The molecule has 4 heteroatoms. The van der Waals surface area contributed by atoms with E-state index in [9.17, 15) is 4.79 Å². The molecule has 0 aliphatic heterocycles. The van der Waals surface area contributed by atoms with Crippen molar-refractivity contribution in [2.45, 2.75) is 72.0 Å². The number of carbonyl (C=O) groups excluding carboxylic acids is 1. The van der Waals surface area contributed by atoms with Gasteiger partial charge in [0.2, 0.25) is 0 Å². The molecule has 24 heavy (non-hydrogen) atoms. The molecule has 1 saturated carbocycles. The molecule has 0 saturated heterocycles. The Labute approximate surface area is 150 Å². The molecule has 1 aromatic rings. The van der Waals surface area contributed by atoms with Gasteiger partial charge in [0.05, 0.1) is 0 Å². The summed E-state index contributed by atoms with van der Waals surface area (Å²) in [5.41, 5.74) is 0.634. The van der Waals surface area contributed by atoms with Gasteiger partial charge in [-0.3, -0.25) is 0 Å². The first-order valence-corrected chi connectivity index (χ1v) is 9.09. The summed E-state index contributed by atoms with van der Waals surface area (Å²) in [5.74, 6) is 0.278. The quantitative estimate of drug-likeness (QED) is 0.578. The Morgan fingerprint density at radius 1 is 1.33 bits per heavy atom. The van der Waals surface area contributed by atoms with Crippen molar-refractivity contribution >= 4 is 17.8 Å². The molecule has 2 atom stereocenters. The number of halogens is 1. The molecule has 0 amide bonds. The maximum atomic E-state index is 12.3. The molecular formula is C20H29ClO3. The second kappa shape index (κ2) is 7.35. The number of benzene rings is 1. The van der Waals surface area contributed by atoms with Crippen molar-refractivity contribution in [3.05, 3.63) is 34.9 Å². The van der Waals surface area contributed by atoms with Crippen LogP contribution in [0.5, 0.6) is 0 Å². The van der Waals surface area contributed by atoms with Crippen LogP contribution in [0.3, 0.4) is 0 Å². The van der Waals surface area contributed by atoms with Gasteiger partial charge in [-0.25, -0.2) is 4.79 Å². The lowest BCUT2D eigenvalue weighted by molar-refractivity contribution is -0.0512. The molecule has 0 radical (unpaired) electrons. The van der Waals surface area contributed by atoms with Gasteiger partial charge < -0.3 is 9.47 Å². The summed E-state index contributed by atoms with van der Waals surface area (Å²) in [6.07, 6.45) is 3.48. The number of hydrogen-bond acceptors (Lipinski definition) is 3. The second-order valence-corrected chi connectivity index (χ2v) is 9.01. The smallest absolute Gasteiger partial charge is 0.429 e. The van der Waals surface area contributed by atoms with E-state index in [1.807, 2.05) is 45.0 Å². The van der Waals surface area contributed by atoms with Gasteiger partial charge in [-0.1, -0.05) is 44.0 Å². The summed E-state index contributed by atoms with van der Waals surface area (Å²) in [7, 11) is 0. The lowest BCUT2D eigenvalue weighted by Gasteiger charge is -2.39. The maximum absolute atomic E-state index is 12.3. The topological polar surface area (TPSA) is 35.5 Å². The van der Waals surface area contributed by atoms with Crippen molar-refractivity contribution in [2.75, 3.05) is 0 Å². The van der Waals surface area contributed by atoms with Gasteiger partial charge in [0, 0.05) is 10.9 Å². The highest BCUT2D eigenvalue weighted by Gasteiger charge is 2.36. The van der Waals surface area contributed by atoms with E-state index in [0.29, 0.717) is 5.02 Å². The van der Waals surface area contributed by atoms with Crippen LogP contribution in [0, 0.1) is 11.3 Å². The first-order chi connectivity index (χ1) is 11.1. The van der Waals surface area contributed by atoms with Crippen molar-refractivity contribution in [2.24, 2.45) is 11.3 Å². The van der Waals surface area contributed by atoms with Gasteiger partial charge in [-0.2, -0.15) is 0 Å². The average molecular weight is 353 g/mol. The van der Waals surface area contributed by atoms with Crippen LogP contribution >= 0.6 is 11.6 Å². The third-order valence-electron chi connectivity index (χ3n) is 4.46. The molecule has 0 unspecified atom stereocenters. The van der Waals surface area contributed by atoms with Gasteiger partial charge in [0.25, 0.3) is 0 Å². The van der Waals surface area contributed by atoms with Crippen LogP contribution in [-0.4, -0.2) is 11.8 Å². The fraction of sp³-hybridized carbons (Fsp3) is 0.650. The molecule has 2 rings (SSSR count). The standard InChI is InChI=1S/C20H29ClO3/c1-19(2,3)24-18(22)23-17(14-8-6-10-16(21)12-14)15-9-7-11-20(4,5)13-15/h6,8,10,12,15,17H,7,9,11,13H2,1-5H3/t15-,17+/m0/s1. The first kappa shape index (κ1) is 19.1. The van der Waals surface area contributed by atoms with Crippen molar-refractivity contribution in [1.82, 2.24) is 0 Å². The van der Waals surface area contributed by atoms with Crippen LogP contribution in [-0.2, 0) is 9.47 Å². The molecule has 0 heterocycles. The lowest BCUT2D eigenvalue weighted by Crippen LogP contribution is -2.31. The molecule has 0 aromatic heterocycles. The minimum absolute atomic E-state index is 0.261. The van der Waals surface area contributed by atoms with Gasteiger partial charge in [0.15, 0.2) is 0 Å². The lowest BCUT2D eigenvalue weighted by atomic mass is 9.69. The predicted molar refractivity (Wildman–Crippen MR) is 97.3 cm³/mol. The molecule has 0 N–H and O–H groups in total. The Kier molecular flexibility index (Phi) is 5.85. The zero-order chi connectivity index (χ0) is 18.0. The molecule has 134 valence electrons. The van der Waals surface area contributed by atoms with Crippen molar-refractivity contribution < 1.29 is 14.3 Å². The zero-order valence-corrected chi connectivity index (χ0v) is 16.2. The Bertz CT molecular complexity index is 574. The fourth-order valence-corrected chi connectivity index (χ4v) is 3.71. The maximum Gasteiger partial charge on any atom is 0.509 e. The van der Waals surface area contributed by atoms with Gasteiger partial charge in [0.1, 0.15) is 11.7 Å². The van der Waals surface area contributed by atoms with Gasteiger partial charge in [-0.15, -0.1) is 0 Å². The summed E-state index contributed by atoms with van der Waals surface area (Å²) in [5, 5.41) is 0.653. The van der Waals surface area contributed by atoms with E-state index in [4.69, 9.17) is 21.1 Å². The van der Waals surface area contributed by atoms with E-state index in [2.05, 4.69) is 13.8 Å². The van der Waals surface area contributed by atoms with Crippen LogP contribution in [0.25, 0.3) is 0 Å². The van der Waals surface area contributed by atoms with Crippen molar-refractivity contribution in [3.63, 3.8) is 0 Å². The minimum Gasteiger partial charge on any atom is -0.429 e. The van der Waals surface area contributed by atoms with E-state index in [1.54, 1.807) is 0 Å². The molecule has 1 aromatic carbocycles. The van der Waals surface area contributed by atoms with Gasteiger partial charge >= 0.3 is 6.16 Å². The first-order valence-electron chi connectivity index (χ1n) is 8.71. The van der Waals surface area contributed by atoms with Crippen LogP contribution in [0.4, 0.5) is 4.79 Å². The van der Waals surface area contributed by atoms with Crippen LogP contribution < -0.4 is 0 Å². The molecule has 3 nitrogen and oxygen atoms in total. The second-order valence-electron chi connectivity index (χ2n) is 8.58. The molecule has 0 bridgehead atoms. The average Bonchev–Trinajstić information content (AvgIpc) is 2.41. The monoisotopic (exact) mass is 352 g/mol. The van der Waals surface area contributed by atoms with E-state index >= 15 is 0 Å². The highest BCUT2D eigenvalue weighted by Crippen LogP contribution is 2.45. The highest BCUT2D eigenvalue weighted by molar-refractivity contribution is 6.30. The summed E-state index contributed by atoms with van der Waals surface area (Å²) >= 11 is 6.16. The molecular weight excluding hydrogens is 324 g/mol. The predicted octanol–water partition coefficient (Wildman–Crippen LogP) is 6.55. The fourth-order valence-electron chi connectivity index (χ4n) is 3.51. The largest absolute Gasteiger partial charge is 0.509 e. The van der Waals surface area contributed by atoms with Crippen LogP contribution in [0.1, 0.15) is 72.0 Å². The molecule has 1 fully saturated rings. The third kappa shape index (κ3) is 5.70. The van der Waals surface area contributed by atoms with Crippen LogP contribution in [0.2, 0.25) is 5.02 Å². The Morgan fingerprint density at radius 2 is 2.04 bits per heavy atom. The summed E-state index contributed by atoms with van der Waals surface area (Å²) in [4.78, 5) is 12.3. The number of rotatable bonds is 3. The van der Waals surface area contributed by atoms with E-state index < -0.39 is 11.8 Å². The minimum atomic E-state index is -0.615. The Hall–Kier alpha value is -1.22. The van der Waals surface area contributed by atoms with E-state index in [-0.39, 0.29) is 17.4 Å². The summed E-state index contributed by atoms with van der Waals surface area (Å²) < 4.78 is 11.1. The molecule has 1 aliphatic carbocycles. The normalized spacial score (nSPS) is 21.8. The van der Waals surface area contributed by atoms with Crippen molar-refractivity contribution in [1.29, 1.82) is 0 Å². The Balaban J connectivity index is 2.23. The van der Waals surface area contributed by atoms with Gasteiger partial charge in [-0.05, 0) is 63.1 Å². The third-order valence-corrected chi connectivity index (χ3v) is 4.70. The molecule has 0 spiro atoms. The van der Waals surface area contributed by atoms with Crippen molar-refractivity contribution in [3.8, 4) is 0 Å². The molecule has 1 aliphatic rings.